The van der Waals surface area contributed by atoms with Crippen molar-refractivity contribution in [1.29, 1.82) is 0 Å². The highest BCUT2D eigenvalue weighted by Crippen LogP contribution is 2.17. The van der Waals surface area contributed by atoms with Crippen LogP contribution in [0.4, 0.5) is 0 Å². The van der Waals surface area contributed by atoms with Crippen molar-refractivity contribution in [2.75, 3.05) is 0 Å². The SMILES string of the molecule is CC(NC(=S)c1cc(Cl)nc(Cl)c1)c1ccccc1. The van der Waals surface area contributed by atoms with Gasteiger partial charge in [0, 0.05) is 11.6 Å². The topological polar surface area (TPSA) is 24.9 Å². The second-order valence-electron chi connectivity index (χ2n) is 4.11. The molecule has 1 N–H and O–H groups in total. The lowest BCUT2D eigenvalue weighted by Gasteiger charge is -2.16. The first-order valence-corrected chi connectivity index (χ1v) is 6.91. The van der Waals surface area contributed by atoms with Gasteiger partial charge >= 0.3 is 0 Å². The molecule has 5 heteroatoms. The number of aromatic nitrogens is 1. The van der Waals surface area contributed by atoms with Gasteiger partial charge < -0.3 is 5.32 Å². The highest BCUT2D eigenvalue weighted by Gasteiger charge is 2.09. The summed E-state index contributed by atoms with van der Waals surface area (Å²) in [5.41, 5.74) is 1.93. The van der Waals surface area contributed by atoms with Crippen molar-refractivity contribution in [3.05, 3.63) is 63.9 Å². The van der Waals surface area contributed by atoms with Gasteiger partial charge in [-0.25, -0.2) is 4.98 Å². The second-order valence-corrected chi connectivity index (χ2v) is 5.29. The molecule has 0 amide bonds. The quantitative estimate of drug-likeness (QED) is 0.671. The number of pyridine rings is 1. The Morgan fingerprint density at radius 1 is 1.16 bits per heavy atom. The van der Waals surface area contributed by atoms with Crippen LogP contribution in [0.3, 0.4) is 0 Å². The van der Waals surface area contributed by atoms with E-state index >= 15 is 0 Å². The molecule has 1 unspecified atom stereocenters. The summed E-state index contributed by atoms with van der Waals surface area (Å²) in [5, 5.41) is 3.92. The van der Waals surface area contributed by atoms with Crippen molar-refractivity contribution >= 4 is 40.4 Å². The highest BCUT2D eigenvalue weighted by molar-refractivity contribution is 7.80. The van der Waals surface area contributed by atoms with Crippen molar-refractivity contribution in [3.63, 3.8) is 0 Å². The normalized spacial score (nSPS) is 11.9. The van der Waals surface area contributed by atoms with E-state index in [-0.39, 0.29) is 6.04 Å². The maximum Gasteiger partial charge on any atom is 0.131 e. The number of hydrogen-bond donors (Lipinski definition) is 1. The minimum Gasteiger partial charge on any atom is -0.369 e. The molecule has 0 aliphatic heterocycles. The number of halogens is 2. The maximum absolute atomic E-state index is 5.86. The Balaban J connectivity index is 2.13. The average Bonchev–Trinajstić information content (AvgIpc) is 2.38. The zero-order chi connectivity index (χ0) is 13.8. The van der Waals surface area contributed by atoms with Gasteiger partial charge in [-0.3, -0.25) is 0 Å². The first-order chi connectivity index (χ1) is 9.06. The Morgan fingerprint density at radius 3 is 2.32 bits per heavy atom. The molecule has 1 atom stereocenters. The summed E-state index contributed by atoms with van der Waals surface area (Å²) in [4.78, 5) is 4.50. The van der Waals surface area contributed by atoms with Crippen molar-refractivity contribution in [2.45, 2.75) is 13.0 Å². The van der Waals surface area contributed by atoms with Crippen LogP contribution in [0, 0.1) is 0 Å². The third kappa shape index (κ3) is 3.90. The molecule has 0 radical (unpaired) electrons. The number of thiocarbonyl (C=S) groups is 1. The lowest BCUT2D eigenvalue weighted by Crippen LogP contribution is -2.25. The molecule has 0 fully saturated rings. The van der Waals surface area contributed by atoms with Gasteiger partial charge in [-0.2, -0.15) is 0 Å². The molecule has 1 aromatic heterocycles. The molecule has 1 heterocycles. The van der Waals surface area contributed by atoms with Crippen molar-refractivity contribution in [3.8, 4) is 0 Å². The van der Waals surface area contributed by atoms with Gasteiger partial charge in [-0.1, -0.05) is 65.8 Å². The van der Waals surface area contributed by atoms with Crippen LogP contribution in [0.5, 0.6) is 0 Å². The van der Waals surface area contributed by atoms with Crippen LogP contribution < -0.4 is 5.32 Å². The van der Waals surface area contributed by atoms with Gasteiger partial charge in [0.05, 0.1) is 0 Å². The summed E-state index contributed by atoms with van der Waals surface area (Å²) in [7, 11) is 0. The second kappa shape index (κ2) is 6.33. The molecular formula is C14H12Cl2N2S. The Hall–Kier alpha value is -1.16. The summed E-state index contributed by atoms with van der Waals surface area (Å²) in [6.45, 7) is 2.05. The molecule has 19 heavy (non-hydrogen) atoms. The number of nitrogens with zero attached hydrogens (tertiary/aromatic N) is 1. The van der Waals surface area contributed by atoms with Gasteiger partial charge in [-0.15, -0.1) is 0 Å². The Bertz CT molecular complexity index is 567. The highest BCUT2D eigenvalue weighted by atomic mass is 35.5. The van der Waals surface area contributed by atoms with E-state index in [0.29, 0.717) is 15.3 Å². The van der Waals surface area contributed by atoms with Crippen LogP contribution >= 0.6 is 35.4 Å². The van der Waals surface area contributed by atoms with E-state index in [0.717, 1.165) is 11.1 Å². The van der Waals surface area contributed by atoms with Gasteiger partial charge in [0.2, 0.25) is 0 Å². The van der Waals surface area contributed by atoms with Gasteiger partial charge in [0.1, 0.15) is 15.3 Å². The lowest BCUT2D eigenvalue weighted by atomic mass is 10.1. The molecule has 0 spiro atoms. The van der Waals surface area contributed by atoms with Crippen LogP contribution in [0.25, 0.3) is 0 Å². The van der Waals surface area contributed by atoms with E-state index in [2.05, 4.69) is 10.3 Å². The molecule has 2 aromatic rings. The van der Waals surface area contributed by atoms with E-state index in [1.807, 2.05) is 37.3 Å². The molecule has 98 valence electrons. The molecule has 0 aliphatic carbocycles. The number of rotatable bonds is 3. The van der Waals surface area contributed by atoms with Gasteiger partial charge in [-0.05, 0) is 24.6 Å². The first kappa shape index (κ1) is 14.3. The number of hydrogen-bond acceptors (Lipinski definition) is 2. The third-order valence-corrected chi connectivity index (χ3v) is 3.41. The van der Waals surface area contributed by atoms with Crippen molar-refractivity contribution in [1.82, 2.24) is 10.3 Å². The van der Waals surface area contributed by atoms with Crippen LogP contribution in [0.1, 0.15) is 24.1 Å². The lowest BCUT2D eigenvalue weighted by molar-refractivity contribution is 0.724. The molecule has 0 saturated heterocycles. The molecule has 0 saturated carbocycles. The fourth-order valence-electron chi connectivity index (χ4n) is 1.70. The Morgan fingerprint density at radius 2 is 1.74 bits per heavy atom. The van der Waals surface area contributed by atoms with Gasteiger partial charge in [0.25, 0.3) is 0 Å². The summed E-state index contributed by atoms with van der Waals surface area (Å²) in [5.74, 6) is 0. The van der Waals surface area contributed by atoms with E-state index < -0.39 is 0 Å². The zero-order valence-corrected chi connectivity index (χ0v) is 12.6. The van der Waals surface area contributed by atoms with Crippen LogP contribution in [-0.4, -0.2) is 9.97 Å². The van der Waals surface area contributed by atoms with Crippen molar-refractivity contribution in [2.24, 2.45) is 0 Å². The smallest absolute Gasteiger partial charge is 0.131 e. The molecule has 2 rings (SSSR count). The predicted molar refractivity (Wildman–Crippen MR) is 83.9 cm³/mol. The van der Waals surface area contributed by atoms with E-state index in [1.54, 1.807) is 12.1 Å². The Labute approximate surface area is 127 Å². The summed E-state index contributed by atoms with van der Waals surface area (Å²) < 4.78 is 0. The number of benzene rings is 1. The largest absolute Gasteiger partial charge is 0.369 e. The zero-order valence-electron chi connectivity index (χ0n) is 10.2. The fraction of sp³-hybridized carbons (Fsp3) is 0.143. The predicted octanol–water partition coefficient (Wildman–Crippen LogP) is 4.41. The molecular weight excluding hydrogens is 299 g/mol. The molecule has 0 aliphatic rings. The van der Waals surface area contributed by atoms with Crippen LogP contribution in [-0.2, 0) is 0 Å². The van der Waals surface area contributed by atoms with E-state index in [4.69, 9.17) is 35.4 Å². The average molecular weight is 311 g/mol. The summed E-state index contributed by atoms with van der Waals surface area (Å²) >= 11 is 17.1. The molecule has 2 nitrogen and oxygen atoms in total. The summed E-state index contributed by atoms with van der Waals surface area (Å²) in [6, 6.07) is 13.6. The fourth-order valence-corrected chi connectivity index (χ4v) is 2.46. The van der Waals surface area contributed by atoms with E-state index in [9.17, 15) is 0 Å². The molecule has 0 bridgehead atoms. The standard InChI is InChI=1S/C14H12Cl2N2S/c1-9(10-5-3-2-4-6-10)17-14(19)11-7-12(15)18-13(16)8-11/h2-9H,1H3,(H,17,19). The Kier molecular flexibility index (Phi) is 4.75. The third-order valence-electron chi connectivity index (χ3n) is 2.67. The van der Waals surface area contributed by atoms with Crippen molar-refractivity contribution < 1.29 is 0 Å². The molecule has 1 aromatic carbocycles. The van der Waals surface area contributed by atoms with E-state index in [1.165, 1.54) is 0 Å². The maximum atomic E-state index is 5.86. The van der Waals surface area contributed by atoms with Crippen LogP contribution in [0.15, 0.2) is 42.5 Å². The van der Waals surface area contributed by atoms with Gasteiger partial charge in [0.15, 0.2) is 0 Å². The summed E-state index contributed by atoms with van der Waals surface area (Å²) in [6.07, 6.45) is 0. The van der Waals surface area contributed by atoms with Crippen LogP contribution in [0.2, 0.25) is 10.3 Å². The monoisotopic (exact) mass is 310 g/mol. The number of nitrogens with one attached hydrogen (secondary N) is 1. The first-order valence-electron chi connectivity index (χ1n) is 5.75. The minimum absolute atomic E-state index is 0.111. The minimum atomic E-state index is 0.111.